The Morgan fingerprint density at radius 3 is 2.52 bits per heavy atom. The Morgan fingerprint density at radius 1 is 1.12 bits per heavy atom. The molecule has 2 aliphatic heterocycles. The fourth-order valence-electron chi connectivity index (χ4n) is 3.81. The number of anilines is 1. The van der Waals surface area contributed by atoms with E-state index in [9.17, 15) is 9.59 Å². The molecule has 25 heavy (non-hydrogen) atoms. The maximum atomic E-state index is 12.5. The lowest BCUT2D eigenvalue weighted by molar-refractivity contribution is -0.136. The van der Waals surface area contributed by atoms with Crippen LogP contribution in [0.5, 0.6) is 0 Å². The molecule has 2 amide bonds. The Hall–Kier alpha value is -1.88. The fourth-order valence-corrected chi connectivity index (χ4v) is 3.81. The molecule has 2 aliphatic rings. The molecule has 0 atom stereocenters. The van der Waals surface area contributed by atoms with E-state index < -0.39 is 0 Å². The normalized spacial score (nSPS) is 19.2. The van der Waals surface area contributed by atoms with Crippen molar-refractivity contribution < 1.29 is 9.59 Å². The molecule has 0 bridgehead atoms. The molecule has 1 N–H and O–H groups in total. The van der Waals surface area contributed by atoms with Crippen LogP contribution < -0.4 is 5.32 Å². The molecule has 3 rings (SSSR count). The van der Waals surface area contributed by atoms with E-state index in [0.29, 0.717) is 12.5 Å². The van der Waals surface area contributed by atoms with E-state index in [4.69, 9.17) is 0 Å². The first-order valence-corrected chi connectivity index (χ1v) is 9.55. The predicted molar refractivity (Wildman–Crippen MR) is 99.4 cm³/mol. The molecule has 1 aromatic rings. The van der Waals surface area contributed by atoms with Crippen molar-refractivity contribution in [1.82, 2.24) is 9.80 Å². The second-order valence-electron chi connectivity index (χ2n) is 7.18. The van der Waals surface area contributed by atoms with E-state index >= 15 is 0 Å². The third-order valence-electron chi connectivity index (χ3n) is 5.34. The van der Waals surface area contributed by atoms with E-state index in [1.165, 1.54) is 5.56 Å². The number of hydrogen-bond acceptors (Lipinski definition) is 3. The van der Waals surface area contributed by atoms with Gasteiger partial charge in [-0.2, -0.15) is 0 Å². The number of nitrogens with zero attached hydrogens (tertiary/aromatic N) is 2. The molecule has 136 valence electrons. The van der Waals surface area contributed by atoms with Crippen molar-refractivity contribution in [2.45, 2.75) is 39.0 Å². The molecule has 0 radical (unpaired) electrons. The van der Waals surface area contributed by atoms with Crippen molar-refractivity contribution in [1.29, 1.82) is 0 Å². The number of rotatable bonds is 5. The minimum Gasteiger partial charge on any atom is -0.342 e. The quantitative estimate of drug-likeness (QED) is 0.894. The van der Waals surface area contributed by atoms with Gasteiger partial charge in [-0.05, 0) is 62.9 Å². The molecule has 1 aromatic carbocycles. The Morgan fingerprint density at radius 2 is 1.84 bits per heavy atom. The first-order chi connectivity index (χ1) is 12.2. The van der Waals surface area contributed by atoms with Crippen molar-refractivity contribution in [3.8, 4) is 0 Å². The summed E-state index contributed by atoms with van der Waals surface area (Å²) < 4.78 is 0. The number of piperidine rings is 1. The lowest BCUT2D eigenvalue weighted by Gasteiger charge is -2.32. The molecular formula is C20H29N3O2. The maximum absolute atomic E-state index is 12.5. The van der Waals surface area contributed by atoms with Gasteiger partial charge in [0.1, 0.15) is 0 Å². The van der Waals surface area contributed by atoms with E-state index in [2.05, 4.69) is 23.2 Å². The van der Waals surface area contributed by atoms with Gasteiger partial charge in [-0.25, -0.2) is 0 Å². The largest absolute Gasteiger partial charge is 0.342 e. The summed E-state index contributed by atoms with van der Waals surface area (Å²) in [6, 6.07) is 8.00. The fraction of sp³-hybridized carbons (Fsp3) is 0.600. The first kappa shape index (κ1) is 17.9. The van der Waals surface area contributed by atoms with Crippen LogP contribution in [0.3, 0.4) is 0 Å². The Labute approximate surface area is 150 Å². The van der Waals surface area contributed by atoms with Crippen molar-refractivity contribution in [3.05, 3.63) is 29.8 Å². The van der Waals surface area contributed by atoms with E-state index in [-0.39, 0.29) is 11.8 Å². The van der Waals surface area contributed by atoms with Crippen LogP contribution in [-0.2, 0) is 16.0 Å². The zero-order valence-corrected chi connectivity index (χ0v) is 15.2. The highest BCUT2D eigenvalue weighted by Crippen LogP contribution is 2.22. The molecule has 0 spiro atoms. The topological polar surface area (TPSA) is 52.7 Å². The van der Waals surface area contributed by atoms with Crippen LogP contribution in [0.2, 0.25) is 0 Å². The van der Waals surface area contributed by atoms with Gasteiger partial charge in [-0.15, -0.1) is 0 Å². The zero-order chi connectivity index (χ0) is 17.6. The molecule has 0 aliphatic carbocycles. The highest BCUT2D eigenvalue weighted by atomic mass is 16.2. The summed E-state index contributed by atoms with van der Waals surface area (Å²) in [4.78, 5) is 28.9. The zero-order valence-electron chi connectivity index (χ0n) is 15.2. The molecule has 5 heteroatoms. The van der Waals surface area contributed by atoms with Crippen LogP contribution in [0.15, 0.2) is 24.3 Å². The number of carbonyl (C=O) groups excluding carboxylic acids is 2. The standard InChI is InChI=1S/C20H29N3O2/c1-2-16-6-5-7-18(14-16)21-19(24)15-22-12-8-17(9-13-22)20(25)23-10-3-4-11-23/h5-7,14,17H,2-4,8-13,15H2,1H3,(H,21,24). The molecule has 0 saturated carbocycles. The van der Waals surface area contributed by atoms with Gasteiger partial charge in [-0.1, -0.05) is 19.1 Å². The lowest BCUT2D eigenvalue weighted by Crippen LogP contribution is -2.43. The second kappa shape index (κ2) is 8.48. The van der Waals surface area contributed by atoms with Crippen LogP contribution in [0.25, 0.3) is 0 Å². The minimum atomic E-state index is 0.0255. The molecule has 5 nitrogen and oxygen atoms in total. The number of aryl methyl sites for hydroxylation is 1. The highest BCUT2D eigenvalue weighted by molar-refractivity contribution is 5.92. The first-order valence-electron chi connectivity index (χ1n) is 9.55. The third-order valence-corrected chi connectivity index (χ3v) is 5.34. The summed E-state index contributed by atoms with van der Waals surface area (Å²) in [7, 11) is 0. The number of amides is 2. The van der Waals surface area contributed by atoms with Crippen LogP contribution in [-0.4, -0.2) is 54.3 Å². The van der Waals surface area contributed by atoms with Crippen molar-refractivity contribution in [3.63, 3.8) is 0 Å². The van der Waals surface area contributed by atoms with Crippen molar-refractivity contribution >= 4 is 17.5 Å². The number of likely N-dealkylation sites (tertiary alicyclic amines) is 2. The van der Waals surface area contributed by atoms with Gasteiger partial charge >= 0.3 is 0 Å². The van der Waals surface area contributed by atoms with Crippen molar-refractivity contribution in [2.75, 3.05) is 38.0 Å². The molecule has 0 unspecified atom stereocenters. The number of carbonyl (C=O) groups is 2. The van der Waals surface area contributed by atoms with Gasteiger partial charge in [0, 0.05) is 24.7 Å². The Kier molecular flexibility index (Phi) is 6.08. The summed E-state index contributed by atoms with van der Waals surface area (Å²) in [5, 5.41) is 2.99. The summed E-state index contributed by atoms with van der Waals surface area (Å²) in [6.45, 7) is 6.02. The SMILES string of the molecule is CCc1cccc(NC(=O)CN2CCC(C(=O)N3CCCC3)CC2)c1. The van der Waals surface area contributed by atoms with Crippen LogP contribution in [0.1, 0.15) is 38.2 Å². The minimum absolute atomic E-state index is 0.0255. The second-order valence-corrected chi connectivity index (χ2v) is 7.18. The summed E-state index contributed by atoms with van der Waals surface area (Å²) >= 11 is 0. The third kappa shape index (κ3) is 4.82. The van der Waals surface area contributed by atoms with Crippen molar-refractivity contribution in [2.24, 2.45) is 5.92 Å². The van der Waals surface area contributed by atoms with Crippen LogP contribution >= 0.6 is 0 Å². The van der Waals surface area contributed by atoms with E-state index in [0.717, 1.165) is 64.0 Å². The number of nitrogens with one attached hydrogen (secondary N) is 1. The predicted octanol–water partition coefficient (Wildman–Crippen LogP) is 2.52. The molecule has 2 heterocycles. The summed E-state index contributed by atoms with van der Waals surface area (Å²) in [6.07, 6.45) is 4.98. The monoisotopic (exact) mass is 343 g/mol. The average molecular weight is 343 g/mol. The Bertz CT molecular complexity index is 603. The smallest absolute Gasteiger partial charge is 0.238 e. The molecular weight excluding hydrogens is 314 g/mol. The highest BCUT2D eigenvalue weighted by Gasteiger charge is 2.30. The van der Waals surface area contributed by atoms with E-state index in [1.54, 1.807) is 0 Å². The molecule has 2 saturated heterocycles. The average Bonchev–Trinajstić information content (AvgIpc) is 3.16. The van der Waals surface area contributed by atoms with Gasteiger partial charge in [-0.3, -0.25) is 14.5 Å². The van der Waals surface area contributed by atoms with Crippen LogP contribution in [0, 0.1) is 5.92 Å². The molecule has 0 aromatic heterocycles. The van der Waals surface area contributed by atoms with Gasteiger partial charge in [0.25, 0.3) is 0 Å². The molecule has 2 fully saturated rings. The maximum Gasteiger partial charge on any atom is 0.238 e. The summed E-state index contributed by atoms with van der Waals surface area (Å²) in [5.41, 5.74) is 2.09. The Balaban J connectivity index is 1.43. The van der Waals surface area contributed by atoms with Crippen LogP contribution in [0.4, 0.5) is 5.69 Å². The summed E-state index contributed by atoms with van der Waals surface area (Å²) in [5.74, 6) is 0.509. The van der Waals surface area contributed by atoms with Gasteiger partial charge in [0.05, 0.1) is 6.54 Å². The number of hydrogen-bond donors (Lipinski definition) is 1. The van der Waals surface area contributed by atoms with Gasteiger partial charge < -0.3 is 10.2 Å². The lowest BCUT2D eigenvalue weighted by atomic mass is 9.95. The van der Waals surface area contributed by atoms with E-state index in [1.807, 2.05) is 23.1 Å². The van der Waals surface area contributed by atoms with Gasteiger partial charge in [0.2, 0.25) is 11.8 Å². The number of benzene rings is 1. The van der Waals surface area contributed by atoms with Gasteiger partial charge in [0.15, 0.2) is 0 Å².